The fourth-order valence-corrected chi connectivity index (χ4v) is 2.57. The Bertz CT molecular complexity index is 221. The van der Waals surface area contributed by atoms with Crippen LogP contribution in [0.2, 0.25) is 0 Å². The van der Waals surface area contributed by atoms with Crippen molar-refractivity contribution in [3.63, 3.8) is 0 Å². The Labute approximate surface area is 111 Å². The summed E-state index contributed by atoms with van der Waals surface area (Å²) in [6.07, 6.45) is 4.67. The fraction of sp³-hybridized carbons (Fsp3) is 1.00. The van der Waals surface area contributed by atoms with E-state index < -0.39 is 6.10 Å². The van der Waals surface area contributed by atoms with Gasteiger partial charge in [0.05, 0.1) is 25.9 Å². The first-order valence-electron chi connectivity index (χ1n) is 7.04. The maximum atomic E-state index is 9.82. The van der Waals surface area contributed by atoms with Crippen LogP contribution in [0.1, 0.15) is 39.5 Å². The van der Waals surface area contributed by atoms with Gasteiger partial charge in [-0.3, -0.25) is 0 Å². The number of aliphatic hydroxyl groups excluding tert-OH is 1. The molecule has 4 nitrogen and oxygen atoms in total. The normalized spacial score (nSPS) is 25.0. The van der Waals surface area contributed by atoms with Crippen LogP contribution in [-0.2, 0) is 9.47 Å². The van der Waals surface area contributed by atoms with Gasteiger partial charge in [-0.05, 0) is 18.3 Å². The Morgan fingerprint density at radius 3 is 2.78 bits per heavy atom. The Balaban J connectivity index is 2.14. The summed E-state index contributed by atoms with van der Waals surface area (Å²) in [4.78, 5) is 0. The summed E-state index contributed by atoms with van der Waals surface area (Å²) in [6, 6.07) is 0.514. The maximum Gasteiger partial charge on any atom is 0.0897 e. The summed E-state index contributed by atoms with van der Waals surface area (Å²) in [5, 5.41) is 13.3. The van der Waals surface area contributed by atoms with E-state index in [0.717, 1.165) is 0 Å². The lowest BCUT2D eigenvalue weighted by atomic mass is 9.73. The highest BCUT2D eigenvalue weighted by atomic mass is 16.5. The molecule has 0 aromatic rings. The van der Waals surface area contributed by atoms with Gasteiger partial charge in [0, 0.05) is 19.7 Å². The summed E-state index contributed by atoms with van der Waals surface area (Å²) in [6.45, 7) is 6.74. The van der Waals surface area contributed by atoms with E-state index in [1.807, 2.05) is 0 Å². The van der Waals surface area contributed by atoms with Crippen molar-refractivity contribution < 1.29 is 14.6 Å². The molecule has 0 aromatic heterocycles. The molecule has 0 bridgehead atoms. The van der Waals surface area contributed by atoms with Crippen molar-refractivity contribution in [2.24, 2.45) is 5.41 Å². The molecule has 4 heteroatoms. The van der Waals surface area contributed by atoms with Crippen LogP contribution in [0.15, 0.2) is 0 Å². The van der Waals surface area contributed by atoms with Gasteiger partial charge < -0.3 is 19.9 Å². The number of hydrogen-bond acceptors (Lipinski definition) is 4. The summed E-state index contributed by atoms with van der Waals surface area (Å²) in [5.74, 6) is 0. The van der Waals surface area contributed by atoms with Crippen LogP contribution in [0.4, 0.5) is 0 Å². The molecule has 18 heavy (non-hydrogen) atoms. The standard InChI is InChI=1S/C14H29NO3/c1-14(2)7-5-4-6-13(14)15-10-12(16)11-18-9-8-17-3/h12-13,15-16H,4-11H2,1-3H3. The first kappa shape index (κ1) is 15.9. The van der Waals surface area contributed by atoms with Crippen LogP contribution in [-0.4, -0.2) is 50.7 Å². The minimum absolute atomic E-state index is 0.342. The predicted octanol–water partition coefficient (Wildman–Crippen LogP) is 1.57. The molecule has 0 heterocycles. The third kappa shape index (κ3) is 5.65. The van der Waals surface area contributed by atoms with Crippen LogP contribution in [0.5, 0.6) is 0 Å². The molecule has 1 fully saturated rings. The molecule has 0 amide bonds. The van der Waals surface area contributed by atoms with E-state index in [1.165, 1.54) is 25.7 Å². The Morgan fingerprint density at radius 1 is 1.33 bits per heavy atom. The zero-order chi connectivity index (χ0) is 13.4. The molecule has 0 spiro atoms. The predicted molar refractivity (Wildman–Crippen MR) is 72.7 cm³/mol. The van der Waals surface area contributed by atoms with Gasteiger partial charge in [-0.15, -0.1) is 0 Å². The summed E-state index contributed by atoms with van der Waals surface area (Å²) < 4.78 is 10.2. The van der Waals surface area contributed by atoms with Crippen LogP contribution in [0, 0.1) is 5.41 Å². The van der Waals surface area contributed by atoms with Gasteiger partial charge in [0.25, 0.3) is 0 Å². The number of methoxy groups -OCH3 is 1. The molecular weight excluding hydrogens is 230 g/mol. The Morgan fingerprint density at radius 2 is 2.11 bits per heavy atom. The highest BCUT2D eigenvalue weighted by Gasteiger charge is 2.31. The zero-order valence-corrected chi connectivity index (χ0v) is 12.1. The van der Waals surface area contributed by atoms with Crippen molar-refractivity contribution in [1.29, 1.82) is 0 Å². The van der Waals surface area contributed by atoms with Crippen LogP contribution in [0.3, 0.4) is 0 Å². The average molecular weight is 259 g/mol. The molecule has 0 aliphatic heterocycles. The van der Waals surface area contributed by atoms with Crippen LogP contribution in [0.25, 0.3) is 0 Å². The smallest absolute Gasteiger partial charge is 0.0897 e. The minimum Gasteiger partial charge on any atom is -0.389 e. The molecule has 1 aliphatic rings. The molecule has 0 saturated heterocycles. The first-order chi connectivity index (χ1) is 8.56. The molecule has 2 atom stereocenters. The van der Waals surface area contributed by atoms with Crippen molar-refractivity contribution in [2.75, 3.05) is 33.5 Å². The number of nitrogens with one attached hydrogen (secondary N) is 1. The van der Waals surface area contributed by atoms with E-state index in [9.17, 15) is 5.11 Å². The first-order valence-corrected chi connectivity index (χ1v) is 7.04. The van der Waals surface area contributed by atoms with Crippen LogP contribution < -0.4 is 5.32 Å². The molecule has 0 radical (unpaired) electrons. The van der Waals surface area contributed by atoms with Gasteiger partial charge in [0.1, 0.15) is 0 Å². The van der Waals surface area contributed by atoms with E-state index in [2.05, 4.69) is 19.2 Å². The second-order valence-electron chi connectivity index (χ2n) is 5.92. The summed E-state index contributed by atoms with van der Waals surface area (Å²) >= 11 is 0. The summed E-state index contributed by atoms with van der Waals surface area (Å²) in [7, 11) is 1.65. The molecular formula is C14H29NO3. The zero-order valence-electron chi connectivity index (χ0n) is 12.1. The SMILES string of the molecule is COCCOCC(O)CNC1CCCCC1(C)C. The van der Waals surface area contributed by atoms with E-state index in [-0.39, 0.29) is 0 Å². The Kier molecular flexibility index (Phi) is 7.15. The van der Waals surface area contributed by atoms with Crippen molar-refractivity contribution in [2.45, 2.75) is 51.7 Å². The van der Waals surface area contributed by atoms with E-state index in [0.29, 0.717) is 37.8 Å². The second-order valence-corrected chi connectivity index (χ2v) is 5.92. The number of aliphatic hydroxyl groups is 1. The third-order valence-electron chi connectivity index (χ3n) is 3.85. The molecule has 2 unspecified atom stereocenters. The minimum atomic E-state index is -0.431. The van der Waals surface area contributed by atoms with Gasteiger partial charge in [0.15, 0.2) is 0 Å². The van der Waals surface area contributed by atoms with E-state index in [4.69, 9.17) is 9.47 Å². The van der Waals surface area contributed by atoms with Gasteiger partial charge in [-0.1, -0.05) is 26.7 Å². The van der Waals surface area contributed by atoms with Crippen molar-refractivity contribution in [3.8, 4) is 0 Å². The van der Waals surface area contributed by atoms with Crippen molar-refractivity contribution in [3.05, 3.63) is 0 Å². The second kappa shape index (κ2) is 8.10. The molecule has 1 saturated carbocycles. The van der Waals surface area contributed by atoms with Crippen molar-refractivity contribution in [1.82, 2.24) is 5.32 Å². The van der Waals surface area contributed by atoms with Gasteiger partial charge in [-0.2, -0.15) is 0 Å². The lowest BCUT2D eigenvalue weighted by molar-refractivity contribution is 0.0100. The van der Waals surface area contributed by atoms with E-state index in [1.54, 1.807) is 7.11 Å². The number of rotatable bonds is 8. The molecule has 2 N–H and O–H groups in total. The lowest BCUT2D eigenvalue weighted by Crippen LogP contribution is -2.47. The number of hydrogen-bond donors (Lipinski definition) is 2. The molecule has 1 rings (SSSR count). The number of ether oxygens (including phenoxy) is 2. The van der Waals surface area contributed by atoms with Gasteiger partial charge >= 0.3 is 0 Å². The largest absolute Gasteiger partial charge is 0.389 e. The van der Waals surface area contributed by atoms with E-state index >= 15 is 0 Å². The fourth-order valence-electron chi connectivity index (χ4n) is 2.57. The molecule has 108 valence electrons. The molecule has 0 aromatic carbocycles. The Hall–Kier alpha value is -0.160. The molecule has 1 aliphatic carbocycles. The quantitative estimate of drug-likeness (QED) is 0.650. The average Bonchev–Trinajstić information content (AvgIpc) is 2.33. The highest BCUT2D eigenvalue weighted by Crippen LogP contribution is 2.35. The lowest BCUT2D eigenvalue weighted by Gasteiger charge is -2.39. The summed E-state index contributed by atoms with van der Waals surface area (Å²) in [5.41, 5.74) is 0.342. The highest BCUT2D eigenvalue weighted by molar-refractivity contribution is 4.88. The third-order valence-corrected chi connectivity index (χ3v) is 3.85. The topological polar surface area (TPSA) is 50.7 Å². The maximum absolute atomic E-state index is 9.82. The van der Waals surface area contributed by atoms with Crippen LogP contribution >= 0.6 is 0 Å². The van der Waals surface area contributed by atoms with Crippen molar-refractivity contribution >= 4 is 0 Å². The van der Waals surface area contributed by atoms with Gasteiger partial charge in [0.2, 0.25) is 0 Å². The monoisotopic (exact) mass is 259 g/mol. The van der Waals surface area contributed by atoms with Gasteiger partial charge in [-0.25, -0.2) is 0 Å².